The molecule has 0 fully saturated rings. The van der Waals surface area contributed by atoms with Gasteiger partial charge in [-0.25, -0.2) is 0 Å². The first kappa shape index (κ1) is 18.8. The van der Waals surface area contributed by atoms with E-state index in [1.54, 1.807) is 4.57 Å². The SMILES string of the molecule is C/C=C\C(=C/CC)Cn1c(O)nc2c(N)nc(OCCCCC)nc21. The Labute approximate surface area is 148 Å². The molecule has 0 unspecified atom stereocenters. The molecule has 0 aliphatic carbocycles. The number of anilines is 1. The van der Waals surface area contributed by atoms with Crippen LogP contribution in [0.4, 0.5) is 5.82 Å². The average molecular weight is 345 g/mol. The van der Waals surface area contributed by atoms with E-state index >= 15 is 0 Å². The van der Waals surface area contributed by atoms with E-state index in [1.807, 2.05) is 19.1 Å². The predicted molar refractivity (Wildman–Crippen MR) is 99.6 cm³/mol. The van der Waals surface area contributed by atoms with Crippen LogP contribution in [-0.4, -0.2) is 31.2 Å². The number of nitrogen functional groups attached to an aromatic ring is 1. The van der Waals surface area contributed by atoms with Crippen molar-refractivity contribution in [2.75, 3.05) is 12.3 Å². The van der Waals surface area contributed by atoms with Gasteiger partial charge in [-0.05, 0) is 25.3 Å². The van der Waals surface area contributed by atoms with Crippen LogP contribution in [0, 0.1) is 0 Å². The molecule has 2 aromatic rings. The molecule has 0 amide bonds. The zero-order chi connectivity index (χ0) is 18.2. The van der Waals surface area contributed by atoms with Gasteiger partial charge in [0, 0.05) is 0 Å². The number of unbranched alkanes of at least 4 members (excludes halogenated alkanes) is 2. The molecule has 2 heterocycles. The first-order valence-corrected chi connectivity index (χ1v) is 8.77. The third-order valence-electron chi connectivity index (χ3n) is 3.75. The van der Waals surface area contributed by atoms with Gasteiger partial charge in [-0.1, -0.05) is 44.9 Å². The summed E-state index contributed by atoms with van der Waals surface area (Å²) in [6.45, 7) is 7.15. The first-order chi connectivity index (χ1) is 12.1. The second-order valence-electron chi connectivity index (χ2n) is 5.80. The van der Waals surface area contributed by atoms with Crippen LogP contribution in [0.2, 0.25) is 0 Å². The van der Waals surface area contributed by atoms with Crippen LogP contribution in [-0.2, 0) is 6.54 Å². The van der Waals surface area contributed by atoms with Crippen molar-refractivity contribution in [2.24, 2.45) is 0 Å². The van der Waals surface area contributed by atoms with Crippen LogP contribution < -0.4 is 10.5 Å². The second kappa shape index (κ2) is 9.05. The number of fused-ring (bicyclic) bond motifs is 1. The minimum atomic E-state index is -0.134. The Morgan fingerprint density at radius 2 is 2.04 bits per heavy atom. The molecule has 0 aliphatic heterocycles. The van der Waals surface area contributed by atoms with Gasteiger partial charge < -0.3 is 15.6 Å². The number of hydrogen-bond donors (Lipinski definition) is 2. The summed E-state index contributed by atoms with van der Waals surface area (Å²) in [6.07, 6.45) is 10.1. The smallest absolute Gasteiger partial charge is 0.320 e. The summed E-state index contributed by atoms with van der Waals surface area (Å²) >= 11 is 0. The number of allylic oxidation sites excluding steroid dienone is 4. The van der Waals surface area contributed by atoms with Gasteiger partial charge in [0.25, 0.3) is 6.01 Å². The first-order valence-electron chi connectivity index (χ1n) is 8.77. The second-order valence-corrected chi connectivity index (χ2v) is 5.80. The van der Waals surface area contributed by atoms with Crippen molar-refractivity contribution in [3.8, 4) is 12.0 Å². The van der Waals surface area contributed by atoms with Crippen LogP contribution in [0.5, 0.6) is 12.0 Å². The summed E-state index contributed by atoms with van der Waals surface area (Å²) in [7, 11) is 0. The highest BCUT2D eigenvalue weighted by molar-refractivity contribution is 5.83. The molecule has 0 atom stereocenters. The lowest BCUT2D eigenvalue weighted by atomic mass is 10.2. The number of ether oxygens (including phenoxy) is 1. The topological polar surface area (TPSA) is 99.1 Å². The molecule has 0 spiro atoms. The molecular weight excluding hydrogens is 318 g/mol. The zero-order valence-electron chi connectivity index (χ0n) is 15.2. The van der Waals surface area contributed by atoms with Crippen molar-refractivity contribution in [1.82, 2.24) is 19.5 Å². The monoisotopic (exact) mass is 345 g/mol. The minimum absolute atomic E-state index is 0.134. The van der Waals surface area contributed by atoms with Crippen molar-refractivity contribution in [1.29, 1.82) is 0 Å². The lowest BCUT2D eigenvalue weighted by Crippen LogP contribution is -2.06. The fourth-order valence-electron chi connectivity index (χ4n) is 2.56. The van der Waals surface area contributed by atoms with Gasteiger partial charge in [0.2, 0.25) is 0 Å². The van der Waals surface area contributed by atoms with Gasteiger partial charge in [0.15, 0.2) is 17.0 Å². The van der Waals surface area contributed by atoms with Crippen LogP contribution in [0.15, 0.2) is 23.8 Å². The Kier molecular flexibility index (Phi) is 6.80. The summed E-state index contributed by atoms with van der Waals surface area (Å²) in [4.78, 5) is 12.6. The minimum Gasteiger partial charge on any atom is -0.480 e. The van der Waals surface area contributed by atoms with E-state index in [1.165, 1.54) is 0 Å². The third kappa shape index (κ3) is 4.71. The summed E-state index contributed by atoms with van der Waals surface area (Å²) in [5.41, 5.74) is 7.89. The van der Waals surface area contributed by atoms with E-state index in [2.05, 4.69) is 34.9 Å². The van der Waals surface area contributed by atoms with Crippen molar-refractivity contribution in [2.45, 2.75) is 53.0 Å². The molecule has 0 aromatic carbocycles. The highest BCUT2D eigenvalue weighted by Crippen LogP contribution is 2.26. The van der Waals surface area contributed by atoms with Gasteiger partial charge in [0.05, 0.1) is 13.2 Å². The molecule has 0 aliphatic rings. The fourth-order valence-corrected chi connectivity index (χ4v) is 2.56. The number of imidazole rings is 1. The van der Waals surface area contributed by atoms with Crippen molar-refractivity contribution < 1.29 is 9.84 Å². The quantitative estimate of drug-likeness (QED) is 0.532. The van der Waals surface area contributed by atoms with Gasteiger partial charge in [-0.2, -0.15) is 15.0 Å². The summed E-state index contributed by atoms with van der Waals surface area (Å²) < 4.78 is 7.23. The summed E-state index contributed by atoms with van der Waals surface area (Å²) in [5.74, 6) is 0.205. The molecule has 2 aromatic heterocycles. The summed E-state index contributed by atoms with van der Waals surface area (Å²) in [5, 5.41) is 10.2. The van der Waals surface area contributed by atoms with Crippen LogP contribution >= 0.6 is 0 Å². The highest BCUT2D eigenvalue weighted by Gasteiger charge is 2.17. The highest BCUT2D eigenvalue weighted by atomic mass is 16.5. The van der Waals surface area contributed by atoms with E-state index in [-0.39, 0.29) is 17.8 Å². The molecule has 2 rings (SSSR count). The Morgan fingerprint density at radius 3 is 2.72 bits per heavy atom. The lowest BCUT2D eigenvalue weighted by molar-refractivity contribution is 0.284. The Hall–Kier alpha value is -2.57. The van der Waals surface area contributed by atoms with Gasteiger partial charge >= 0.3 is 6.01 Å². The number of hydrogen-bond acceptors (Lipinski definition) is 6. The number of aromatic hydroxyl groups is 1. The average Bonchev–Trinajstić information content (AvgIpc) is 2.89. The number of nitrogens with two attached hydrogens (primary N) is 1. The maximum absolute atomic E-state index is 10.2. The molecule has 25 heavy (non-hydrogen) atoms. The van der Waals surface area contributed by atoms with Crippen molar-refractivity contribution in [3.05, 3.63) is 23.8 Å². The standard InChI is InChI=1S/C18H27N5O2/c1-4-7-8-11-25-17-21-15(19)14-16(22-17)23(18(24)20-14)12-13(9-5-2)10-6-3/h5,9-10H,4,6-8,11-12H2,1-3H3,(H,20,24)(H2,19,21,22)/b9-5-,13-10+. The Balaban J connectivity index is 2.34. The van der Waals surface area contributed by atoms with E-state index in [4.69, 9.17) is 10.5 Å². The van der Waals surface area contributed by atoms with Crippen LogP contribution in [0.25, 0.3) is 11.2 Å². The Bertz CT molecular complexity index is 764. The zero-order valence-corrected chi connectivity index (χ0v) is 15.2. The van der Waals surface area contributed by atoms with E-state index in [0.717, 1.165) is 31.3 Å². The van der Waals surface area contributed by atoms with Gasteiger partial charge in [-0.3, -0.25) is 4.57 Å². The number of nitrogens with zero attached hydrogens (tertiary/aromatic N) is 4. The maximum Gasteiger partial charge on any atom is 0.320 e. The molecule has 7 heteroatoms. The van der Waals surface area contributed by atoms with Gasteiger partial charge in [-0.15, -0.1) is 0 Å². The number of aromatic nitrogens is 4. The van der Waals surface area contributed by atoms with Crippen molar-refractivity contribution >= 4 is 17.0 Å². The van der Waals surface area contributed by atoms with E-state index in [0.29, 0.717) is 24.3 Å². The molecule has 136 valence electrons. The van der Waals surface area contributed by atoms with Gasteiger partial charge in [0.1, 0.15) is 0 Å². The van der Waals surface area contributed by atoms with Crippen LogP contribution in [0.3, 0.4) is 0 Å². The molecule has 3 N–H and O–H groups in total. The normalized spacial score (nSPS) is 12.4. The molecule has 7 nitrogen and oxygen atoms in total. The largest absolute Gasteiger partial charge is 0.480 e. The maximum atomic E-state index is 10.2. The molecule has 0 saturated heterocycles. The van der Waals surface area contributed by atoms with Crippen molar-refractivity contribution in [3.63, 3.8) is 0 Å². The van der Waals surface area contributed by atoms with E-state index in [9.17, 15) is 5.11 Å². The summed E-state index contributed by atoms with van der Waals surface area (Å²) in [6, 6.07) is 0.0833. The fraction of sp³-hybridized carbons (Fsp3) is 0.500. The number of rotatable bonds is 9. The lowest BCUT2D eigenvalue weighted by Gasteiger charge is -2.08. The molecule has 0 bridgehead atoms. The Morgan fingerprint density at radius 1 is 1.24 bits per heavy atom. The van der Waals surface area contributed by atoms with E-state index < -0.39 is 0 Å². The van der Waals surface area contributed by atoms with Crippen LogP contribution in [0.1, 0.15) is 46.5 Å². The molecule has 0 saturated carbocycles. The third-order valence-corrected chi connectivity index (χ3v) is 3.75. The predicted octanol–water partition coefficient (Wildman–Crippen LogP) is 3.60. The molecular formula is C18H27N5O2. The molecule has 0 radical (unpaired) electrons.